The van der Waals surface area contributed by atoms with Gasteiger partial charge in [-0.2, -0.15) is 0 Å². The van der Waals surface area contributed by atoms with Gasteiger partial charge in [-0.05, 0) is 31.7 Å². The highest BCUT2D eigenvalue weighted by molar-refractivity contribution is 5.75. The average Bonchev–Trinajstić information content (AvgIpc) is 2.25. The maximum atomic E-state index is 11.2. The molecule has 4 nitrogen and oxygen atoms in total. The first-order valence-corrected chi connectivity index (χ1v) is 5.37. The van der Waals surface area contributed by atoms with E-state index in [-0.39, 0.29) is 5.91 Å². The van der Waals surface area contributed by atoms with Gasteiger partial charge in [0.05, 0.1) is 6.61 Å². The van der Waals surface area contributed by atoms with E-state index in [4.69, 9.17) is 10.5 Å². The monoisotopic (exact) mass is 200 g/mol. The molecule has 14 heavy (non-hydrogen) atoms. The molecule has 0 radical (unpaired) electrons. The Kier molecular flexibility index (Phi) is 5.56. The predicted molar refractivity (Wildman–Crippen MR) is 54.8 cm³/mol. The van der Waals surface area contributed by atoms with Gasteiger partial charge in [0.2, 0.25) is 5.91 Å². The zero-order valence-electron chi connectivity index (χ0n) is 8.63. The Bertz CT molecular complexity index is 168. The van der Waals surface area contributed by atoms with Gasteiger partial charge in [0.15, 0.2) is 0 Å². The van der Waals surface area contributed by atoms with E-state index in [1.165, 1.54) is 0 Å². The van der Waals surface area contributed by atoms with Crippen molar-refractivity contribution in [3.05, 3.63) is 0 Å². The van der Waals surface area contributed by atoms with Crippen LogP contribution >= 0.6 is 0 Å². The van der Waals surface area contributed by atoms with E-state index in [0.717, 1.165) is 39.0 Å². The lowest BCUT2D eigenvalue weighted by Gasteiger charge is -2.22. The van der Waals surface area contributed by atoms with E-state index >= 15 is 0 Å². The number of hydrogen-bond acceptors (Lipinski definition) is 3. The Morgan fingerprint density at radius 3 is 3.07 bits per heavy atom. The zero-order chi connectivity index (χ0) is 10.2. The quantitative estimate of drug-likeness (QED) is 0.669. The van der Waals surface area contributed by atoms with Crippen LogP contribution in [0.1, 0.15) is 25.7 Å². The molecule has 82 valence electrons. The highest BCUT2D eigenvalue weighted by Crippen LogP contribution is 2.11. The van der Waals surface area contributed by atoms with E-state index < -0.39 is 0 Å². The van der Waals surface area contributed by atoms with Crippen molar-refractivity contribution in [1.29, 1.82) is 0 Å². The summed E-state index contributed by atoms with van der Waals surface area (Å²) >= 11 is 0. The van der Waals surface area contributed by atoms with Crippen LogP contribution in [0.2, 0.25) is 0 Å². The van der Waals surface area contributed by atoms with Crippen molar-refractivity contribution in [2.45, 2.75) is 25.7 Å². The van der Waals surface area contributed by atoms with Crippen molar-refractivity contribution in [3.8, 4) is 0 Å². The minimum atomic E-state index is 0.112. The topological polar surface area (TPSA) is 64.4 Å². The minimum absolute atomic E-state index is 0.112. The number of hydrogen-bond donors (Lipinski definition) is 2. The average molecular weight is 200 g/mol. The molecular formula is C10H20N2O2. The van der Waals surface area contributed by atoms with Crippen LogP contribution in [0.3, 0.4) is 0 Å². The standard InChI is InChI=1S/C10H20N2O2/c11-5-1-4-10(13)12-7-9-3-2-6-14-8-9/h9H,1-8,11H2,(H,12,13). The Morgan fingerprint density at radius 2 is 2.43 bits per heavy atom. The van der Waals surface area contributed by atoms with Crippen LogP contribution in [0.4, 0.5) is 0 Å². The molecule has 1 amide bonds. The first kappa shape index (κ1) is 11.5. The van der Waals surface area contributed by atoms with Gasteiger partial charge >= 0.3 is 0 Å². The lowest BCUT2D eigenvalue weighted by molar-refractivity contribution is -0.121. The molecule has 0 aromatic rings. The smallest absolute Gasteiger partial charge is 0.220 e. The molecule has 0 spiro atoms. The third kappa shape index (κ3) is 4.58. The Morgan fingerprint density at radius 1 is 1.57 bits per heavy atom. The zero-order valence-corrected chi connectivity index (χ0v) is 8.63. The summed E-state index contributed by atoms with van der Waals surface area (Å²) in [5.74, 6) is 0.617. The van der Waals surface area contributed by atoms with Crippen LogP contribution < -0.4 is 11.1 Å². The number of nitrogens with one attached hydrogen (secondary N) is 1. The number of ether oxygens (including phenoxy) is 1. The van der Waals surface area contributed by atoms with Gasteiger partial charge in [-0.25, -0.2) is 0 Å². The molecule has 0 aromatic heterocycles. The van der Waals surface area contributed by atoms with Crippen molar-refractivity contribution >= 4 is 5.91 Å². The molecule has 1 aliphatic heterocycles. The molecule has 1 heterocycles. The van der Waals surface area contributed by atoms with E-state index in [9.17, 15) is 4.79 Å². The van der Waals surface area contributed by atoms with Crippen LogP contribution in [0.15, 0.2) is 0 Å². The number of nitrogens with two attached hydrogens (primary N) is 1. The van der Waals surface area contributed by atoms with E-state index in [1.54, 1.807) is 0 Å². The van der Waals surface area contributed by atoms with E-state index in [2.05, 4.69) is 5.32 Å². The predicted octanol–water partition coefficient (Wildman–Crippen LogP) is 0.268. The van der Waals surface area contributed by atoms with Crippen LogP contribution in [0.5, 0.6) is 0 Å². The van der Waals surface area contributed by atoms with E-state index in [1.807, 2.05) is 0 Å². The third-order valence-corrected chi connectivity index (χ3v) is 2.45. The Labute approximate surface area is 85.2 Å². The lowest BCUT2D eigenvalue weighted by atomic mass is 10.0. The fourth-order valence-corrected chi connectivity index (χ4v) is 1.58. The van der Waals surface area contributed by atoms with Gasteiger partial charge in [0.25, 0.3) is 0 Å². The first-order chi connectivity index (χ1) is 6.83. The molecule has 0 saturated carbocycles. The van der Waals surface area contributed by atoms with Crippen molar-refractivity contribution < 1.29 is 9.53 Å². The molecule has 3 N–H and O–H groups in total. The highest BCUT2D eigenvalue weighted by atomic mass is 16.5. The van der Waals surface area contributed by atoms with Crippen molar-refractivity contribution in [3.63, 3.8) is 0 Å². The van der Waals surface area contributed by atoms with Crippen LogP contribution in [-0.4, -0.2) is 32.2 Å². The summed E-state index contributed by atoms with van der Waals surface area (Å²) in [6, 6.07) is 0. The van der Waals surface area contributed by atoms with E-state index in [0.29, 0.717) is 18.9 Å². The van der Waals surface area contributed by atoms with Gasteiger partial charge in [0.1, 0.15) is 0 Å². The van der Waals surface area contributed by atoms with Crippen molar-refractivity contribution in [1.82, 2.24) is 5.32 Å². The van der Waals surface area contributed by atoms with Gasteiger partial charge in [0, 0.05) is 19.6 Å². The van der Waals surface area contributed by atoms with Crippen LogP contribution in [-0.2, 0) is 9.53 Å². The Balaban J connectivity index is 2.03. The summed E-state index contributed by atoms with van der Waals surface area (Å²) in [7, 11) is 0. The van der Waals surface area contributed by atoms with Crippen LogP contribution in [0, 0.1) is 5.92 Å². The maximum absolute atomic E-state index is 11.2. The SMILES string of the molecule is NCCCC(=O)NCC1CCCOC1. The molecule has 0 bridgehead atoms. The molecule has 1 aliphatic rings. The fourth-order valence-electron chi connectivity index (χ4n) is 1.58. The molecule has 1 rings (SSSR count). The lowest BCUT2D eigenvalue weighted by Crippen LogP contribution is -2.33. The second-order valence-electron chi connectivity index (χ2n) is 3.78. The maximum Gasteiger partial charge on any atom is 0.220 e. The molecule has 4 heteroatoms. The number of rotatable bonds is 5. The Hall–Kier alpha value is -0.610. The second kappa shape index (κ2) is 6.79. The first-order valence-electron chi connectivity index (χ1n) is 5.37. The third-order valence-electron chi connectivity index (χ3n) is 2.45. The number of carbonyl (C=O) groups is 1. The van der Waals surface area contributed by atoms with Gasteiger partial charge in [-0.1, -0.05) is 0 Å². The summed E-state index contributed by atoms with van der Waals surface area (Å²) in [5.41, 5.74) is 5.32. The summed E-state index contributed by atoms with van der Waals surface area (Å²) < 4.78 is 5.32. The number of amides is 1. The van der Waals surface area contributed by atoms with Gasteiger partial charge in [-0.15, -0.1) is 0 Å². The molecule has 1 atom stereocenters. The normalized spacial score (nSPS) is 21.9. The van der Waals surface area contributed by atoms with Crippen molar-refractivity contribution in [2.24, 2.45) is 11.7 Å². The second-order valence-corrected chi connectivity index (χ2v) is 3.78. The minimum Gasteiger partial charge on any atom is -0.381 e. The van der Waals surface area contributed by atoms with Gasteiger partial charge in [-0.3, -0.25) is 4.79 Å². The highest BCUT2D eigenvalue weighted by Gasteiger charge is 2.14. The van der Waals surface area contributed by atoms with Crippen molar-refractivity contribution in [2.75, 3.05) is 26.3 Å². The molecule has 1 saturated heterocycles. The number of carbonyl (C=O) groups excluding carboxylic acids is 1. The fraction of sp³-hybridized carbons (Fsp3) is 0.900. The van der Waals surface area contributed by atoms with Gasteiger partial charge < -0.3 is 15.8 Å². The molecular weight excluding hydrogens is 180 g/mol. The molecule has 1 fully saturated rings. The largest absolute Gasteiger partial charge is 0.381 e. The molecule has 0 aromatic carbocycles. The summed E-state index contributed by atoms with van der Waals surface area (Å²) in [6.07, 6.45) is 3.59. The molecule has 0 aliphatic carbocycles. The molecule has 1 unspecified atom stereocenters. The summed E-state index contributed by atoms with van der Waals surface area (Å²) in [4.78, 5) is 11.2. The van der Waals surface area contributed by atoms with Crippen LogP contribution in [0.25, 0.3) is 0 Å². The summed E-state index contributed by atoms with van der Waals surface area (Å²) in [5, 5.41) is 2.91. The summed E-state index contributed by atoms with van der Waals surface area (Å²) in [6.45, 7) is 3.00.